The molecule has 1 heterocycles. The molecule has 20 heavy (non-hydrogen) atoms. The Morgan fingerprint density at radius 1 is 1.40 bits per heavy atom. The predicted octanol–water partition coefficient (Wildman–Crippen LogP) is 2.77. The fourth-order valence-corrected chi connectivity index (χ4v) is 2.92. The van der Waals surface area contributed by atoms with Crippen LogP contribution in [0.25, 0.3) is 10.2 Å². The highest BCUT2D eigenvalue weighted by Gasteiger charge is 2.16. The number of aromatic nitrogens is 1. The van der Waals surface area contributed by atoms with Crippen LogP contribution in [0, 0.1) is 0 Å². The molecule has 2 aromatic rings. The number of nitrogens with zero attached hydrogens (tertiary/aromatic N) is 2. The fourth-order valence-electron chi connectivity index (χ4n) is 1.90. The number of amides is 1. The number of hydrogen-bond donors (Lipinski definition) is 1. The molecule has 4 nitrogen and oxygen atoms in total. The summed E-state index contributed by atoms with van der Waals surface area (Å²) in [6.07, 6.45) is 1.17. The first-order valence-electron chi connectivity index (χ1n) is 6.72. The number of nitrogens with two attached hydrogens (primary N) is 1. The third kappa shape index (κ3) is 4.02. The van der Waals surface area contributed by atoms with Gasteiger partial charge in [-0.2, -0.15) is 0 Å². The van der Waals surface area contributed by atoms with Crippen LogP contribution in [0.2, 0.25) is 0 Å². The van der Waals surface area contributed by atoms with Crippen molar-refractivity contribution in [1.82, 2.24) is 9.88 Å². The first kappa shape index (κ1) is 14.9. The number of carbonyl (C=O) groups excluding carboxylic acids is 1. The molecule has 0 aliphatic rings. The number of thiazole rings is 1. The molecule has 0 aliphatic heterocycles. The van der Waals surface area contributed by atoms with Crippen molar-refractivity contribution in [2.45, 2.75) is 38.8 Å². The SMILES string of the molecule is CN(Cc1nc2ccccc2s1)C(=O)CCC(C)(C)N. The van der Waals surface area contributed by atoms with Gasteiger partial charge in [0.1, 0.15) is 5.01 Å². The normalized spacial score (nSPS) is 11.8. The van der Waals surface area contributed by atoms with E-state index in [4.69, 9.17) is 5.73 Å². The molecule has 0 unspecified atom stereocenters. The number of rotatable bonds is 5. The number of fused-ring (bicyclic) bond motifs is 1. The molecule has 0 radical (unpaired) electrons. The minimum Gasteiger partial charge on any atom is -0.339 e. The van der Waals surface area contributed by atoms with E-state index >= 15 is 0 Å². The lowest BCUT2D eigenvalue weighted by Gasteiger charge is -2.21. The minimum absolute atomic E-state index is 0.114. The fraction of sp³-hybridized carbons (Fsp3) is 0.467. The van der Waals surface area contributed by atoms with Gasteiger partial charge in [-0.05, 0) is 32.4 Å². The first-order chi connectivity index (χ1) is 9.35. The molecule has 108 valence electrons. The molecule has 1 aromatic heterocycles. The Bertz CT molecular complexity index is 567. The van der Waals surface area contributed by atoms with Gasteiger partial charge >= 0.3 is 0 Å². The van der Waals surface area contributed by atoms with E-state index in [2.05, 4.69) is 11.1 Å². The Morgan fingerprint density at radius 3 is 2.75 bits per heavy atom. The van der Waals surface area contributed by atoms with Crippen LogP contribution < -0.4 is 5.73 Å². The van der Waals surface area contributed by atoms with Crippen molar-refractivity contribution in [3.63, 3.8) is 0 Å². The van der Waals surface area contributed by atoms with Gasteiger partial charge in [0.2, 0.25) is 5.91 Å². The molecule has 0 atom stereocenters. The molecule has 5 heteroatoms. The van der Waals surface area contributed by atoms with Crippen LogP contribution in [0.5, 0.6) is 0 Å². The summed E-state index contributed by atoms with van der Waals surface area (Å²) in [7, 11) is 1.82. The largest absolute Gasteiger partial charge is 0.339 e. The molecule has 0 spiro atoms. The number of carbonyl (C=O) groups is 1. The lowest BCUT2D eigenvalue weighted by molar-refractivity contribution is -0.130. The predicted molar refractivity (Wildman–Crippen MR) is 83.6 cm³/mol. The summed E-state index contributed by atoms with van der Waals surface area (Å²) in [5, 5.41) is 0.967. The highest BCUT2D eigenvalue weighted by atomic mass is 32.1. The lowest BCUT2D eigenvalue weighted by atomic mass is 10.00. The molecular weight excluding hydrogens is 270 g/mol. The van der Waals surface area contributed by atoms with Crippen molar-refractivity contribution >= 4 is 27.5 Å². The zero-order valence-corrected chi connectivity index (χ0v) is 13.0. The Labute approximate surface area is 123 Å². The van der Waals surface area contributed by atoms with Crippen molar-refractivity contribution in [3.8, 4) is 0 Å². The molecule has 2 N–H and O–H groups in total. The lowest BCUT2D eigenvalue weighted by Crippen LogP contribution is -2.34. The van der Waals surface area contributed by atoms with E-state index in [1.165, 1.54) is 0 Å². The zero-order valence-electron chi connectivity index (χ0n) is 12.2. The Morgan fingerprint density at radius 2 is 2.10 bits per heavy atom. The molecule has 2 rings (SSSR count). The molecule has 1 aromatic carbocycles. The van der Waals surface area contributed by atoms with Crippen molar-refractivity contribution < 1.29 is 4.79 Å². The summed E-state index contributed by atoms with van der Waals surface area (Å²) >= 11 is 1.64. The zero-order chi connectivity index (χ0) is 14.8. The molecular formula is C15H21N3OS. The number of para-hydroxylation sites is 1. The van der Waals surface area contributed by atoms with Crippen molar-refractivity contribution in [2.75, 3.05) is 7.05 Å². The number of benzene rings is 1. The van der Waals surface area contributed by atoms with Crippen LogP contribution in [0.1, 0.15) is 31.7 Å². The van der Waals surface area contributed by atoms with Gasteiger partial charge in [0.05, 0.1) is 16.8 Å². The third-order valence-electron chi connectivity index (χ3n) is 3.12. The summed E-state index contributed by atoms with van der Waals surface area (Å²) in [6.45, 7) is 4.44. The third-order valence-corrected chi connectivity index (χ3v) is 4.14. The molecule has 1 amide bonds. The topological polar surface area (TPSA) is 59.2 Å². The van der Waals surface area contributed by atoms with E-state index in [0.717, 1.165) is 15.2 Å². The van der Waals surface area contributed by atoms with Gasteiger partial charge in [-0.1, -0.05) is 12.1 Å². The highest BCUT2D eigenvalue weighted by Crippen LogP contribution is 2.22. The van der Waals surface area contributed by atoms with Gasteiger partial charge in [0.15, 0.2) is 0 Å². The monoisotopic (exact) mass is 291 g/mol. The second kappa shape index (κ2) is 5.89. The quantitative estimate of drug-likeness (QED) is 0.921. The second-order valence-corrected chi connectivity index (χ2v) is 6.93. The average molecular weight is 291 g/mol. The molecule has 0 saturated heterocycles. The van der Waals surface area contributed by atoms with Crippen LogP contribution in [0.3, 0.4) is 0 Å². The summed E-state index contributed by atoms with van der Waals surface area (Å²) in [5.74, 6) is 0.114. The average Bonchev–Trinajstić information content (AvgIpc) is 2.76. The van der Waals surface area contributed by atoms with Crippen LogP contribution in [-0.2, 0) is 11.3 Å². The maximum atomic E-state index is 12.1. The van der Waals surface area contributed by atoms with E-state index in [1.54, 1.807) is 16.2 Å². The van der Waals surface area contributed by atoms with Crippen LogP contribution >= 0.6 is 11.3 Å². The minimum atomic E-state index is -0.299. The second-order valence-electron chi connectivity index (χ2n) is 5.81. The summed E-state index contributed by atoms with van der Waals surface area (Å²) in [4.78, 5) is 18.3. The molecule has 0 bridgehead atoms. The van der Waals surface area contributed by atoms with Gasteiger partial charge in [-0.3, -0.25) is 4.79 Å². The Balaban J connectivity index is 1.96. The van der Waals surface area contributed by atoms with E-state index < -0.39 is 0 Å². The van der Waals surface area contributed by atoms with Gasteiger partial charge in [-0.15, -0.1) is 11.3 Å². The van der Waals surface area contributed by atoms with Gasteiger partial charge in [0.25, 0.3) is 0 Å². The smallest absolute Gasteiger partial charge is 0.222 e. The van der Waals surface area contributed by atoms with E-state index in [9.17, 15) is 4.79 Å². The van der Waals surface area contributed by atoms with Crippen LogP contribution in [0.4, 0.5) is 0 Å². The van der Waals surface area contributed by atoms with E-state index in [-0.39, 0.29) is 11.4 Å². The van der Waals surface area contributed by atoms with Gasteiger partial charge < -0.3 is 10.6 Å². The van der Waals surface area contributed by atoms with E-state index in [0.29, 0.717) is 19.4 Å². The first-order valence-corrected chi connectivity index (χ1v) is 7.54. The van der Waals surface area contributed by atoms with Gasteiger partial charge in [-0.25, -0.2) is 4.98 Å². The maximum absolute atomic E-state index is 12.1. The summed E-state index contributed by atoms with van der Waals surface area (Å²) < 4.78 is 1.16. The standard InChI is InChI=1S/C15H21N3OS/c1-15(2,16)9-8-14(19)18(3)10-13-17-11-6-4-5-7-12(11)20-13/h4-7H,8-10,16H2,1-3H3. The maximum Gasteiger partial charge on any atom is 0.222 e. The highest BCUT2D eigenvalue weighted by molar-refractivity contribution is 7.18. The summed E-state index contributed by atoms with van der Waals surface area (Å²) in [5.41, 5.74) is 6.60. The summed E-state index contributed by atoms with van der Waals surface area (Å²) in [6, 6.07) is 8.02. The molecule has 0 saturated carbocycles. The van der Waals surface area contributed by atoms with Crippen molar-refractivity contribution in [3.05, 3.63) is 29.3 Å². The van der Waals surface area contributed by atoms with Crippen molar-refractivity contribution in [1.29, 1.82) is 0 Å². The van der Waals surface area contributed by atoms with E-state index in [1.807, 2.05) is 39.1 Å². The molecule has 0 fully saturated rings. The van der Waals surface area contributed by atoms with Crippen molar-refractivity contribution in [2.24, 2.45) is 5.73 Å². The Kier molecular flexibility index (Phi) is 4.40. The molecule has 0 aliphatic carbocycles. The number of hydrogen-bond acceptors (Lipinski definition) is 4. The van der Waals surface area contributed by atoms with Gasteiger partial charge in [0, 0.05) is 19.0 Å². The van der Waals surface area contributed by atoms with Crippen LogP contribution in [-0.4, -0.2) is 28.4 Å². The van der Waals surface area contributed by atoms with Crippen LogP contribution in [0.15, 0.2) is 24.3 Å². The Hall–Kier alpha value is -1.46.